The summed E-state index contributed by atoms with van der Waals surface area (Å²) in [5.74, 6) is 0. The molecule has 96 valence electrons. The number of nitrogens with one attached hydrogen (secondary N) is 1. The molecular formula is C15H18BrNS. The standard InChI is InChI=1S/C15H18BrNS/c1-12(7-8-13-5-3-2-4-6-13)17-11-14-9-10-15(16)18-14/h2-6,9-10,12,17H,7-8,11H2,1H3. The Morgan fingerprint density at radius 1 is 1.17 bits per heavy atom. The smallest absolute Gasteiger partial charge is 0.0701 e. The summed E-state index contributed by atoms with van der Waals surface area (Å²) in [5, 5.41) is 3.57. The molecule has 0 amide bonds. The monoisotopic (exact) mass is 323 g/mol. The fourth-order valence-electron chi connectivity index (χ4n) is 1.85. The lowest BCUT2D eigenvalue weighted by molar-refractivity contribution is 0.517. The highest BCUT2D eigenvalue weighted by atomic mass is 79.9. The normalized spacial score (nSPS) is 12.6. The molecule has 2 aromatic rings. The van der Waals surface area contributed by atoms with E-state index in [1.807, 2.05) is 0 Å². The van der Waals surface area contributed by atoms with E-state index in [0.717, 1.165) is 13.0 Å². The van der Waals surface area contributed by atoms with Crippen molar-refractivity contribution in [2.24, 2.45) is 0 Å². The van der Waals surface area contributed by atoms with Crippen LogP contribution in [-0.2, 0) is 13.0 Å². The van der Waals surface area contributed by atoms with Crippen molar-refractivity contribution >= 4 is 27.3 Å². The van der Waals surface area contributed by atoms with E-state index in [1.165, 1.54) is 20.6 Å². The fourth-order valence-corrected chi connectivity index (χ4v) is 3.29. The van der Waals surface area contributed by atoms with Crippen LogP contribution in [0.3, 0.4) is 0 Å². The predicted octanol–water partition coefficient (Wildman–Crippen LogP) is 4.62. The number of halogens is 1. The average molecular weight is 324 g/mol. The second kappa shape index (κ2) is 7.07. The Kier molecular flexibility index (Phi) is 5.42. The maximum atomic E-state index is 3.57. The third-order valence-electron chi connectivity index (χ3n) is 2.96. The molecule has 1 aromatic heterocycles. The van der Waals surface area contributed by atoms with E-state index in [-0.39, 0.29) is 0 Å². The van der Waals surface area contributed by atoms with Gasteiger partial charge in [-0.15, -0.1) is 11.3 Å². The Labute approximate surface area is 121 Å². The molecular weight excluding hydrogens is 306 g/mol. The van der Waals surface area contributed by atoms with Crippen molar-refractivity contribution in [3.05, 3.63) is 56.7 Å². The summed E-state index contributed by atoms with van der Waals surface area (Å²) < 4.78 is 1.20. The summed E-state index contributed by atoms with van der Waals surface area (Å²) in [5.41, 5.74) is 1.42. The van der Waals surface area contributed by atoms with Crippen LogP contribution in [0.4, 0.5) is 0 Å². The molecule has 0 spiro atoms. The van der Waals surface area contributed by atoms with Crippen LogP contribution in [0.1, 0.15) is 23.8 Å². The van der Waals surface area contributed by atoms with E-state index >= 15 is 0 Å². The molecule has 0 aliphatic carbocycles. The molecule has 1 unspecified atom stereocenters. The third kappa shape index (κ3) is 4.56. The highest BCUT2D eigenvalue weighted by Gasteiger charge is 2.03. The Morgan fingerprint density at radius 2 is 1.94 bits per heavy atom. The second-order valence-corrected chi connectivity index (χ2v) is 7.06. The molecule has 0 bridgehead atoms. The van der Waals surface area contributed by atoms with Gasteiger partial charge in [0, 0.05) is 17.5 Å². The average Bonchev–Trinajstić information content (AvgIpc) is 2.81. The maximum Gasteiger partial charge on any atom is 0.0701 e. The van der Waals surface area contributed by atoms with E-state index < -0.39 is 0 Å². The summed E-state index contributed by atoms with van der Waals surface area (Å²) in [6.45, 7) is 3.22. The van der Waals surface area contributed by atoms with Crippen LogP contribution in [0.15, 0.2) is 46.3 Å². The van der Waals surface area contributed by atoms with E-state index in [1.54, 1.807) is 11.3 Å². The molecule has 1 heterocycles. The first-order valence-corrected chi connectivity index (χ1v) is 7.86. The fraction of sp³-hybridized carbons (Fsp3) is 0.333. The predicted molar refractivity (Wildman–Crippen MR) is 83.1 cm³/mol. The van der Waals surface area contributed by atoms with Gasteiger partial charge in [-0.2, -0.15) is 0 Å². The molecule has 1 N–H and O–H groups in total. The van der Waals surface area contributed by atoms with Crippen molar-refractivity contribution in [2.75, 3.05) is 0 Å². The number of thiophene rings is 1. The minimum atomic E-state index is 0.547. The van der Waals surface area contributed by atoms with Gasteiger partial charge in [-0.1, -0.05) is 30.3 Å². The van der Waals surface area contributed by atoms with Crippen molar-refractivity contribution in [2.45, 2.75) is 32.4 Å². The van der Waals surface area contributed by atoms with Gasteiger partial charge in [0.25, 0.3) is 0 Å². The first kappa shape index (κ1) is 13.8. The minimum absolute atomic E-state index is 0.547. The molecule has 0 fully saturated rings. The maximum absolute atomic E-state index is 3.57. The topological polar surface area (TPSA) is 12.0 Å². The summed E-state index contributed by atoms with van der Waals surface area (Å²) >= 11 is 5.29. The first-order chi connectivity index (χ1) is 8.74. The van der Waals surface area contributed by atoms with Crippen LogP contribution in [0.2, 0.25) is 0 Å². The first-order valence-electron chi connectivity index (χ1n) is 6.25. The summed E-state index contributed by atoms with van der Waals surface area (Å²) in [4.78, 5) is 1.38. The Bertz CT molecular complexity index is 466. The van der Waals surface area contributed by atoms with Crippen LogP contribution in [-0.4, -0.2) is 6.04 Å². The lowest BCUT2D eigenvalue weighted by atomic mass is 10.1. The van der Waals surface area contributed by atoms with Gasteiger partial charge >= 0.3 is 0 Å². The van der Waals surface area contributed by atoms with Gasteiger partial charge in [-0.05, 0) is 53.4 Å². The number of rotatable bonds is 6. The zero-order chi connectivity index (χ0) is 12.8. The van der Waals surface area contributed by atoms with E-state index in [0.29, 0.717) is 6.04 Å². The van der Waals surface area contributed by atoms with Crippen LogP contribution >= 0.6 is 27.3 Å². The number of aryl methyl sites for hydroxylation is 1. The van der Waals surface area contributed by atoms with Gasteiger partial charge in [-0.25, -0.2) is 0 Å². The van der Waals surface area contributed by atoms with Crippen LogP contribution < -0.4 is 5.32 Å². The van der Waals surface area contributed by atoms with Crippen molar-refractivity contribution in [1.82, 2.24) is 5.32 Å². The van der Waals surface area contributed by atoms with Gasteiger partial charge in [0.15, 0.2) is 0 Å². The molecule has 0 aliphatic rings. The highest BCUT2D eigenvalue weighted by Crippen LogP contribution is 2.21. The van der Waals surface area contributed by atoms with E-state index in [4.69, 9.17) is 0 Å². The van der Waals surface area contributed by atoms with Crippen molar-refractivity contribution in [3.63, 3.8) is 0 Å². The number of hydrogen-bond donors (Lipinski definition) is 1. The number of hydrogen-bond acceptors (Lipinski definition) is 2. The zero-order valence-electron chi connectivity index (χ0n) is 10.5. The quantitative estimate of drug-likeness (QED) is 0.817. The summed E-state index contributed by atoms with van der Waals surface area (Å²) in [6.07, 6.45) is 2.32. The van der Waals surface area contributed by atoms with Gasteiger partial charge in [0.1, 0.15) is 0 Å². The lowest BCUT2D eigenvalue weighted by Gasteiger charge is -2.12. The lowest BCUT2D eigenvalue weighted by Crippen LogP contribution is -2.25. The Morgan fingerprint density at radius 3 is 2.61 bits per heavy atom. The third-order valence-corrected chi connectivity index (χ3v) is 4.59. The molecule has 2 rings (SSSR count). The Hall–Kier alpha value is -0.640. The molecule has 1 nitrogen and oxygen atoms in total. The summed E-state index contributed by atoms with van der Waals surface area (Å²) in [6, 6.07) is 15.5. The van der Waals surface area contributed by atoms with Crippen molar-refractivity contribution < 1.29 is 0 Å². The summed E-state index contributed by atoms with van der Waals surface area (Å²) in [7, 11) is 0. The number of benzene rings is 1. The van der Waals surface area contributed by atoms with E-state index in [9.17, 15) is 0 Å². The van der Waals surface area contributed by atoms with Gasteiger partial charge < -0.3 is 5.32 Å². The molecule has 0 aliphatic heterocycles. The Balaban J connectivity index is 1.71. The second-order valence-electron chi connectivity index (χ2n) is 4.51. The molecule has 3 heteroatoms. The molecule has 18 heavy (non-hydrogen) atoms. The van der Waals surface area contributed by atoms with Crippen LogP contribution in [0.5, 0.6) is 0 Å². The molecule has 0 saturated carbocycles. The molecule has 1 aromatic carbocycles. The van der Waals surface area contributed by atoms with Gasteiger partial charge in [0.05, 0.1) is 3.79 Å². The molecule has 0 saturated heterocycles. The molecule has 1 atom stereocenters. The van der Waals surface area contributed by atoms with Gasteiger partial charge in [-0.3, -0.25) is 0 Å². The largest absolute Gasteiger partial charge is 0.309 e. The SMILES string of the molecule is CC(CCc1ccccc1)NCc1ccc(Br)s1. The van der Waals surface area contributed by atoms with E-state index in [2.05, 4.69) is 70.6 Å². The zero-order valence-corrected chi connectivity index (χ0v) is 12.9. The molecule has 0 radical (unpaired) electrons. The minimum Gasteiger partial charge on any atom is -0.309 e. The van der Waals surface area contributed by atoms with Crippen LogP contribution in [0, 0.1) is 0 Å². The van der Waals surface area contributed by atoms with Crippen molar-refractivity contribution in [1.29, 1.82) is 0 Å². The van der Waals surface area contributed by atoms with Crippen molar-refractivity contribution in [3.8, 4) is 0 Å². The van der Waals surface area contributed by atoms with Gasteiger partial charge in [0.2, 0.25) is 0 Å². The van der Waals surface area contributed by atoms with Crippen LogP contribution in [0.25, 0.3) is 0 Å². The highest BCUT2D eigenvalue weighted by molar-refractivity contribution is 9.11.